The molecular formula is C14H22N2S. The average Bonchev–Trinajstić information content (AvgIpc) is 2.31. The summed E-state index contributed by atoms with van der Waals surface area (Å²) in [5.74, 6) is 0. The minimum atomic E-state index is 0.0751. The molecule has 1 aromatic rings. The molecule has 0 saturated heterocycles. The van der Waals surface area contributed by atoms with E-state index in [-0.39, 0.29) is 6.04 Å². The van der Waals surface area contributed by atoms with Crippen LogP contribution in [-0.4, -0.2) is 23.0 Å². The highest BCUT2D eigenvalue weighted by molar-refractivity contribution is 7.80. The van der Waals surface area contributed by atoms with Gasteiger partial charge in [0.2, 0.25) is 0 Å². The number of thiocarbonyl (C=S) groups is 1. The number of hydrogen-bond acceptors (Lipinski definition) is 2. The lowest BCUT2D eigenvalue weighted by Crippen LogP contribution is -2.37. The van der Waals surface area contributed by atoms with E-state index < -0.39 is 0 Å². The third-order valence-corrected chi connectivity index (χ3v) is 2.99. The molecule has 0 saturated carbocycles. The van der Waals surface area contributed by atoms with Gasteiger partial charge in [-0.05, 0) is 31.5 Å². The number of benzene rings is 1. The molecule has 1 rings (SSSR count). The summed E-state index contributed by atoms with van der Waals surface area (Å²) in [5.41, 5.74) is 7.12. The Morgan fingerprint density at radius 2 is 1.71 bits per heavy atom. The molecule has 1 atom stereocenters. The fourth-order valence-electron chi connectivity index (χ4n) is 2.13. The van der Waals surface area contributed by atoms with Gasteiger partial charge in [0.05, 0.1) is 11.0 Å². The standard InChI is InChI=1S/C14H22N2S/c1-3-10-16(11-4-2)13(14(15)17)12-8-6-5-7-9-12/h5-9,13H,3-4,10-11H2,1-2H3,(H2,15,17). The predicted molar refractivity (Wildman–Crippen MR) is 78.1 cm³/mol. The van der Waals surface area contributed by atoms with Crippen molar-refractivity contribution in [1.29, 1.82) is 0 Å². The van der Waals surface area contributed by atoms with Crippen LogP contribution in [0.4, 0.5) is 0 Å². The Labute approximate surface area is 110 Å². The minimum Gasteiger partial charge on any atom is -0.392 e. The maximum absolute atomic E-state index is 5.92. The third-order valence-electron chi connectivity index (χ3n) is 2.77. The van der Waals surface area contributed by atoms with Crippen LogP contribution < -0.4 is 5.73 Å². The Bertz CT molecular complexity index is 331. The van der Waals surface area contributed by atoms with E-state index in [4.69, 9.17) is 18.0 Å². The largest absolute Gasteiger partial charge is 0.392 e. The molecule has 3 heteroatoms. The number of hydrogen-bond donors (Lipinski definition) is 1. The van der Waals surface area contributed by atoms with Crippen LogP contribution in [-0.2, 0) is 0 Å². The summed E-state index contributed by atoms with van der Waals surface area (Å²) in [6.45, 7) is 6.43. The van der Waals surface area contributed by atoms with E-state index in [1.807, 2.05) is 18.2 Å². The Kier molecular flexibility index (Phi) is 6.16. The van der Waals surface area contributed by atoms with Crippen LogP contribution in [0.3, 0.4) is 0 Å². The van der Waals surface area contributed by atoms with Gasteiger partial charge >= 0.3 is 0 Å². The van der Waals surface area contributed by atoms with Crippen molar-refractivity contribution in [1.82, 2.24) is 4.90 Å². The molecule has 94 valence electrons. The van der Waals surface area contributed by atoms with Gasteiger partial charge in [0.1, 0.15) is 0 Å². The SMILES string of the molecule is CCCN(CCC)C(C(N)=S)c1ccccc1. The molecule has 0 heterocycles. The second kappa shape index (κ2) is 7.41. The summed E-state index contributed by atoms with van der Waals surface area (Å²) in [7, 11) is 0. The van der Waals surface area contributed by atoms with E-state index in [0.717, 1.165) is 25.9 Å². The first-order valence-electron chi connectivity index (χ1n) is 6.29. The van der Waals surface area contributed by atoms with Crippen LogP contribution in [0.25, 0.3) is 0 Å². The van der Waals surface area contributed by atoms with Gasteiger partial charge in [-0.2, -0.15) is 0 Å². The van der Waals surface area contributed by atoms with Crippen LogP contribution >= 0.6 is 12.2 Å². The van der Waals surface area contributed by atoms with E-state index >= 15 is 0 Å². The molecule has 0 aliphatic rings. The van der Waals surface area contributed by atoms with E-state index in [9.17, 15) is 0 Å². The third kappa shape index (κ3) is 4.10. The Morgan fingerprint density at radius 3 is 2.12 bits per heavy atom. The van der Waals surface area contributed by atoms with Crippen molar-refractivity contribution in [2.45, 2.75) is 32.7 Å². The Morgan fingerprint density at radius 1 is 1.18 bits per heavy atom. The first-order chi connectivity index (χ1) is 8.20. The van der Waals surface area contributed by atoms with Crippen molar-refractivity contribution in [2.75, 3.05) is 13.1 Å². The lowest BCUT2D eigenvalue weighted by molar-refractivity contribution is 0.245. The van der Waals surface area contributed by atoms with Crippen molar-refractivity contribution >= 4 is 17.2 Å². The molecule has 0 amide bonds. The van der Waals surface area contributed by atoms with Crippen molar-refractivity contribution in [3.8, 4) is 0 Å². The smallest absolute Gasteiger partial charge is 0.0948 e. The summed E-state index contributed by atoms with van der Waals surface area (Å²) < 4.78 is 0. The normalized spacial score (nSPS) is 12.6. The molecule has 0 bridgehead atoms. The fraction of sp³-hybridized carbons (Fsp3) is 0.500. The van der Waals surface area contributed by atoms with Crippen molar-refractivity contribution < 1.29 is 0 Å². The van der Waals surface area contributed by atoms with Gasteiger partial charge in [-0.25, -0.2) is 0 Å². The second-order valence-corrected chi connectivity index (χ2v) is 4.72. The summed E-state index contributed by atoms with van der Waals surface area (Å²) in [6, 6.07) is 10.4. The Hall–Kier alpha value is -0.930. The first-order valence-corrected chi connectivity index (χ1v) is 6.69. The van der Waals surface area contributed by atoms with Gasteiger partial charge in [-0.1, -0.05) is 56.4 Å². The van der Waals surface area contributed by atoms with E-state index in [0.29, 0.717) is 4.99 Å². The molecule has 2 nitrogen and oxygen atoms in total. The molecule has 0 radical (unpaired) electrons. The minimum absolute atomic E-state index is 0.0751. The fourth-order valence-corrected chi connectivity index (χ4v) is 2.42. The number of nitrogens with zero attached hydrogens (tertiary/aromatic N) is 1. The van der Waals surface area contributed by atoms with Crippen LogP contribution in [0.1, 0.15) is 38.3 Å². The van der Waals surface area contributed by atoms with Gasteiger partial charge in [-0.3, -0.25) is 4.90 Å². The van der Waals surface area contributed by atoms with Crippen molar-refractivity contribution in [3.05, 3.63) is 35.9 Å². The van der Waals surface area contributed by atoms with Crippen LogP contribution in [0.2, 0.25) is 0 Å². The van der Waals surface area contributed by atoms with E-state index in [1.54, 1.807) is 0 Å². The quantitative estimate of drug-likeness (QED) is 0.754. The lowest BCUT2D eigenvalue weighted by Gasteiger charge is -2.30. The zero-order valence-electron chi connectivity index (χ0n) is 10.7. The molecule has 17 heavy (non-hydrogen) atoms. The Balaban J connectivity index is 2.94. The van der Waals surface area contributed by atoms with Crippen LogP contribution in [0.15, 0.2) is 30.3 Å². The molecule has 0 aliphatic heterocycles. The number of rotatable bonds is 7. The maximum Gasteiger partial charge on any atom is 0.0948 e. The van der Waals surface area contributed by atoms with Crippen molar-refractivity contribution in [2.24, 2.45) is 5.73 Å². The molecule has 1 unspecified atom stereocenters. The number of nitrogens with two attached hydrogens (primary N) is 1. The van der Waals surface area contributed by atoms with Gasteiger partial charge in [0.25, 0.3) is 0 Å². The monoisotopic (exact) mass is 250 g/mol. The molecule has 0 fully saturated rings. The molecule has 0 spiro atoms. The summed E-state index contributed by atoms with van der Waals surface area (Å²) in [4.78, 5) is 2.94. The van der Waals surface area contributed by atoms with Crippen LogP contribution in [0.5, 0.6) is 0 Å². The van der Waals surface area contributed by atoms with Gasteiger partial charge in [-0.15, -0.1) is 0 Å². The zero-order valence-corrected chi connectivity index (χ0v) is 11.5. The van der Waals surface area contributed by atoms with Gasteiger partial charge < -0.3 is 5.73 Å². The summed E-state index contributed by atoms with van der Waals surface area (Å²) in [5, 5.41) is 0. The van der Waals surface area contributed by atoms with Gasteiger partial charge in [0.15, 0.2) is 0 Å². The lowest BCUT2D eigenvalue weighted by atomic mass is 10.0. The second-order valence-electron chi connectivity index (χ2n) is 4.25. The average molecular weight is 250 g/mol. The van der Waals surface area contributed by atoms with E-state index in [2.05, 4.69) is 30.9 Å². The highest BCUT2D eigenvalue weighted by atomic mass is 32.1. The first kappa shape index (κ1) is 14.1. The molecule has 0 aromatic heterocycles. The van der Waals surface area contributed by atoms with Crippen molar-refractivity contribution in [3.63, 3.8) is 0 Å². The van der Waals surface area contributed by atoms with Gasteiger partial charge in [0, 0.05) is 0 Å². The predicted octanol–water partition coefficient (Wildman–Crippen LogP) is 3.14. The molecule has 2 N–H and O–H groups in total. The zero-order chi connectivity index (χ0) is 12.7. The summed E-state index contributed by atoms with van der Waals surface area (Å²) in [6.07, 6.45) is 2.23. The molecule has 0 aliphatic carbocycles. The van der Waals surface area contributed by atoms with Crippen LogP contribution in [0, 0.1) is 0 Å². The highest BCUT2D eigenvalue weighted by Gasteiger charge is 2.21. The topological polar surface area (TPSA) is 29.3 Å². The molecular weight excluding hydrogens is 228 g/mol. The highest BCUT2D eigenvalue weighted by Crippen LogP contribution is 2.21. The summed E-state index contributed by atoms with van der Waals surface area (Å²) >= 11 is 5.24. The van der Waals surface area contributed by atoms with E-state index in [1.165, 1.54) is 5.56 Å². The molecule has 1 aromatic carbocycles. The maximum atomic E-state index is 5.92.